The highest BCUT2D eigenvalue weighted by Gasteiger charge is 2.30. The number of carbonyl (C=O) groups is 3. The zero-order chi connectivity index (χ0) is 23.3. The fourth-order valence-corrected chi connectivity index (χ4v) is 3.87. The number of amides is 2. The maximum Gasteiger partial charge on any atom is 0.407 e. The number of hydrogen-bond donors (Lipinski definition) is 4. The smallest absolute Gasteiger partial charge is 0.407 e. The van der Waals surface area contributed by atoms with E-state index in [1.807, 2.05) is 36.4 Å². The van der Waals surface area contributed by atoms with Crippen molar-refractivity contribution in [3.63, 3.8) is 0 Å². The number of aliphatic hydroxyl groups is 1. The number of ether oxygens (including phenoxy) is 1. The highest BCUT2D eigenvalue weighted by molar-refractivity contribution is 5.86. The maximum absolute atomic E-state index is 12.5. The number of carboxylic acids is 1. The Morgan fingerprint density at radius 1 is 1.00 bits per heavy atom. The lowest BCUT2D eigenvalue weighted by Crippen LogP contribution is -2.50. The Kier molecular flexibility index (Phi) is 7.48. The Labute approximate surface area is 186 Å². The lowest BCUT2D eigenvalue weighted by Gasteiger charge is -2.22. The van der Waals surface area contributed by atoms with E-state index in [9.17, 15) is 19.5 Å². The van der Waals surface area contributed by atoms with Gasteiger partial charge in [0.1, 0.15) is 12.6 Å². The van der Waals surface area contributed by atoms with Gasteiger partial charge in [-0.25, -0.2) is 9.59 Å². The van der Waals surface area contributed by atoms with Gasteiger partial charge in [-0.2, -0.15) is 0 Å². The molecule has 0 fully saturated rings. The van der Waals surface area contributed by atoms with Crippen LogP contribution in [0.3, 0.4) is 0 Å². The van der Waals surface area contributed by atoms with Gasteiger partial charge in [-0.1, -0.05) is 62.4 Å². The van der Waals surface area contributed by atoms with E-state index in [0.717, 1.165) is 22.3 Å². The number of hydrogen-bond acceptors (Lipinski definition) is 5. The molecule has 2 aromatic carbocycles. The van der Waals surface area contributed by atoms with E-state index in [4.69, 9.17) is 9.84 Å². The summed E-state index contributed by atoms with van der Waals surface area (Å²) in [5.41, 5.74) is 4.44. The summed E-state index contributed by atoms with van der Waals surface area (Å²) < 4.78 is 5.50. The lowest BCUT2D eigenvalue weighted by molar-refractivity contribution is -0.147. The summed E-state index contributed by atoms with van der Waals surface area (Å²) in [4.78, 5) is 35.6. The summed E-state index contributed by atoms with van der Waals surface area (Å²) in [5, 5.41) is 23.1. The number of aliphatic carboxylic acids is 1. The van der Waals surface area contributed by atoms with Gasteiger partial charge in [-0.05, 0) is 28.2 Å². The Bertz CT molecular complexity index is 944. The van der Waals surface area contributed by atoms with E-state index >= 15 is 0 Å². The van der Waals surface area contributed by atoms with E-state index in [2.05, 4.69) is 22.8 Å². The number of fused-ring (bicyclic) bond motifs is 3. The quantitative estimate of drug-likeness (QED) is 0.475. The topological polar surface area (TPSA) is 125 Å². The van der Waals surface area contributed by atoms with Crippen molar-refractivity contribution >= 4 is 18.0 Å². The fraction of sp³-hybridized carbons (Fsp3) is 0.375. The first kappa shape index (κ1) is 23.3. The third-order valence-corrected chi connectivity index (χ3v) is 5.57. The average molecular weight is 440 g/mol. The van der Waals surface area contributed by atoms with Crippen LogP contribution in [0.1, 0.15) is 37.3 Å². The molecule has 4 N–H and O–H groups in total. The van der Waals surface area contributed by atoms with Crippen molar-refractivity contribution < 1.29 is 29.3 Å². The lowest BCUT2D eigenvalue weighted by atomic mass is 9.98. The molecule has 1 aliphatic carbocycles. The predicted octanol–water partition coefficient (Wildman–Crippen LogP) is 2.50. The van der Waals surface area contributed by atoms with Gasteiger partial charge in [-0.15, -0.1) is 0 Å². The molecular formula is C24H28N2O6. The molecule has 0 aliphatic heterocycles. The third-order valence-electron chi connectivity index (χ3n) is 5.57. The van der Waals surface area contributed by atoms with Crippen LogP contribution in [0, 0.1) is 5.92 Å². The number of aliphatic hydroxyl groups excluding tert-OH is 1. The molecule has 0 bridgehead atoms. The zero-order valence-electron chi connectivity index (χ0n) is 18.1. The molecule has 0 heterocycles. The SMILES string of the molecule is CC(C)[C@@H](NC(=O)OCC1c2ccccc2-c2ccccc21)C(=O)NCCC(O)C(=O)O. The molecule has 2 aromatic rings. The second kappa shape index (κ2) is 10.3. The molecule has 0 saturated heterocycles. The van der Waals surface area contributed by atoms with Crippen molar-refractivity contribution in [3.8, 4) is 11.1 Å². The predicted molar refractivity (Wildman–Crippen MR) is 118 cm³/mol. The summed E-state index contributed by atoms with van der Waals surface area (Å²) >= 11 is 0. The van der Waals surface area contributed by atoms with Crippen molar-refractivity contribution in [2.45, 2.75) is 38.3 Å². The Hall–Kier alpha value is -3.39. The van der Waals surface area contributed by atoms with E-state index < -0.39 is 30.1 Å². The fourth-order valence-electron chi connectivity index (χ4n) is 3.87. The van der Waals surface area contributed by atoms with Crippen LogP contribution in [-0.4, -0.2) is 53.5 Å². The highest BCUT2D eigenvalue weighted by Crippen LogP contribution is 2.44. The number of nitrogens with one attached hydrogen (secondary N) is 2. The van der Waals surface area contributed by atoms with E-state index in [-0.39, 0.29) is 31.4 Å². The Morgan fingerprint density at radius 3 is 2.09 bits per heavy atom. The number of carboxylic acid groups (broad SMARTS) is 1. The molecule has 3 rings (SSSR count). The van der Waals surface area contributed by atoms with E-state index in [1.165, 1.54) is 0 Å². The van der Waals surface area contributed by atoms with Gasteiger partial charge in [-0.3, -0.25) is 4.79 Å². The number of alkyl carbamates (subject to hydrolysis) is 1. The minimum atomic E-state index is -1.55. The van der Waals surface area contributed by atoms with Crippen molar-refractivity contribution in [2.75, 3.05) is 13.2 Å². The molecule has 1 aliphatic rings. The summed E-state index contributed by atoms with van der Waals surface area (Å²) in [6.45, 7) is 3.67. The van der Waals surface area contributed by atoms with Crippen molar-refractivity contribution in [1.29, 1.82) is 0 Å². The molecule has 2 amide bonds. The van der Waals surface area contributed by atoms with Gasteiger partial charge in [0.05, 0.1) is 0 Å². The normalized spacial score (nSPS) is 14.2. The zero-order valence-corrected chi connectivity index (χ0v) is 18.1. The summed E-state index contributed by atoms with van der Waals surface area (Å²) in [7, 11) is 0. The van der Waals surface area contributed by atoms with Gasteiger partial charge in [0.25, 0.3) is 0 Å². The van der Waals surface area contributed by atoms with Gasteiger partial charge in [0.15, 0.2) is 6.10 Å². The van der Waals surface area contributed by atoms with E-state index in [0.29, 0.717) is 0 Å². The first-order valence-corrected chi connectivity index (χ1v) is 10.6. The summed E-state index contributed by atoms with van der Waals surface area (Å²) in [6, 6.07) is 15.2. The standard InChI is InChI=1S/C24H28N2O6/c1-14(2)21(22(28)25-12-11-20(27)23(29)30)26-24(31)32-13-19-17-9-5-3-7-15(17)16-8-4-6-10-18(16)19/h3-10,14,19-21,27H,11-13H2,1-2H3,(H,25,28)(H,26,31)(H,29,30)/t20?,21-/m1/s1. The summed E-state index contributed by atoms with van der Waals surface area (Å²) in [5.74, 6) is -2.13. The molecular weight excluding hydrogens is 412 g/mol. The second-order valence-corrected chi connectivity index (χ2v) is 8.13. The average Bonchev–Trinajstić information content (AvgIpc) is 3.09. The van der Waals surface area contributed by atoms with E-state index in [1.54, 1.807) is 13.8 Å². The molecule has 2 atom stereocenters. The minimum absolute atomic E-state index is 0.0259. The minimum Gasteiger partial charge on any atom is -0.479 e. The van der Waals surface area contributed by atoms with Gasteiger partial charge in [0.2, 0.25) is 5.91 Å². The second-order valence-electron chi connectivity index (χ2n) is 8.13. The first-order chi connectivity index (χ1) is 15.3. The van der Waals surface area contributed by atoms with Crippen LogP contribution in [0.15, 0.2) is 48.5 Å². The molecule has 32 heavy (non-hydrogen) atoms. The number of benzene rings is 2. The molecule has 0 spiro atoms. The maximum atomic E-state index is 12.5. The van der Waals surface area contributed by atoms with Crippen LogP contribution in [-0.2, 0) is 14.3 Å². The van der Waals surface area contributed by atoms with Gasteiger partial charge >= 0.3 is 12.1 Å². The first-order valence-electron chi connectivity index (χ1n) is 10.6. The molecule has 1 unspecified atom stereocenters. The molecule has 170 valence electrons. The van der Waals surface area contributed by atoms with Crippen LogP contribution in [0.2, 0.25) is 0 Å². The molecule has 0 radical (unpaired) electrons. The molecule has 8 nitrogen and oxygen atoms in total. The van der Waals surface area contributed by atoms with Crippen LogP contribution in [0.25, 0.3) is 11.1 Å². The molecule has 0 saturated carbocycles. The third kappa shape index (κ3) is 5.26. The van der Waals surface area contributed by atoms with Crippen LogP contribution in [0.5, 0.6) is 0 Å². The van der Waals surface area contributed by atoms with Crippen molar-refractivity contribution in [3.05, 3.63) is 59.7 Å². The van der Waals surface area contributed by atoms with Gasteiger partial charge < -0.3 is 25.6 Å². The molecule has 8 heteroatoms. The Balaban J connectivity index is 1.58. The summed E-state index contributed by atoms with van der Waals surface area (Å²) in [6.07, 6.45) is -2.38. The Morgan fingerprint density at radius 2 is 1.56 bits per heavy atom. The highest BCUT2D eigenvalue weighted by atomic mass is 16.5. The van der Waals surface area contributed by atoms with Crippen molar-refractivity contribution in [1.82, 2.24) is 10.6 Å². The van der Waals surface area contributed by atoms with Gasteiger partial charge in [0, 0.05) is 18.9 Å². The van der Waals surface area contributed by atoms with Crippen LogP contribution < -0.4 is 10.6 Å². The number of rotatable bonds is 9. The molecule has 0 aromatic heterocycles. The monoisotopic (exact) mass is 440 g/mol. The van der Waals surface area contributed by atoms with Crippen molar-refractivity contribution in [2.24, 2.45) is 5.92 Å². The van der Waals surface area contributed by atoms with Crippen LogP contribution >= 0.6 is 0 Å². The largest absolute Gasteiger partial charge is 0.479 e. The number of carbonyl (C=O) groups excluding carboxylic acids is 2. The van der Waals surface area contributed by atoms with Crippen LogP contribution in [0.4, 0.5) is 4.79 Å².